The summed E-state index contributed by atoms with van der Waals surface area (Å²) in [6, 6.07) is 2.46. The molecule has 2 rings (SSSR count). The Morgan fingerprint density at radius 3 is 2.73 bits per heavy atom. The first-order valence-electron chi connectivity index (χ1n) is 8.65. The molecule has 2 aromatic heterocycles. The summed E-state index contributed by atoms with van der Waals surface area (Å²) in [5.74, 6) is 1.000. The summed E-state index contributed by atoms with van der Waals surface area (Å²) < 4.78 is 11.5. The van der Waals surface area contributed by atoms with Crippen molar-refractivity contribution < 1.29 is 9.15 Å². The molecular formula is C18H28N2O2. The molecule has 0 saturated heterocycles. The van der Waals surface area contributed by atoms with Gasteiger partial charge >= 0.3 is 6.01 Å². The van der Waals surface area contributed by atoms with Crippen molar-refractivity contribution in [2.75, 3.05) is 0 Å². The molecule has 4 heteroatoms. The van der Waals surface area contributed by atoms with Gasteiger partial charge in [0.15, 0.2) is 0 Å². The van der Waals surface area contributed by atoms with E-state index >= 15 is 0 Å². The zero-order valence-electron chi connectivity index (χ0n) is 14.1. The Morgan fingerprint density at radius 1 is 1.14 bits per heavy atom. The molecule has 122 valence electrons. The van der Waals surface area contributed by atoms with Gasteiger partial charge in [-0.05, 0) is 25.8 Å². The normalized spacial score (nSPS) is 12.7. The van der Waals surface area contributed by atoms with Crippen molar-refractivity contribution in [3.8, 4) is 6.01 Å². The van der Waals surface area contributed by atoms with Gasteiger partial charge in [0, 0.05) is 12.6 Å². The van der Waals surface area contributed by atoms with Gasteiger partial charge in [0.2, 0.25) is 5.71 Å². The summed E-state index contributed by atoms with van der Waals surface area (Å²) >= 11 is 0. The molecule has 0 saturated carbocycles. The fraction of sp³-hybridized carbons (Fsp3) is 0.667. The molecule has 0 N–H and O–H groups in total. The summed E-state index contributed by atoms with van der Waals surface area (Å²) in [5.41, 5.74) is 0.636. The highest BCUT2D eigenvalue weighted by Gasteiger charge is 2.10. The van der Waals surface area contributed by atoms with Crippen molar-refractivity contribution >= 4 is 11.1 Å². The molecule has 1 atom stereocenters. The number of hydrogen-bond donors (Lipinski definition) is 0. The predicted octanol–water partition coefficient (Wildman–Crippen LogP) is 5.30. The van der Waals surface area contributed by atoms with Gasteiger partial charge in [0.25, 0.3) is 0 Å². The molecule has 0 bridgehead atoms. The van der Waals surface area contributed by atoms with Gasteiger partial charge in [-0.25, -0.2) is 4.98 Å². The lowest BCUT2D eigenvalue weighted by atomic mass is 10.1. The maximum Gasteiger partial charge on any atom is 0.319 e. The van der Waals surface area contributed by atoms with Crippen LogP contribution in [0.15, 0.2) is 16.7 Å². The first-order chi connectivity index (χ1) is 10.7. The van der Waals surface area contributed by atoms with Gasteiger partial charge in [0.05, 0.1) is 11.5 Å². The van der Waals surface area contributed by atoms with E-state index in [1.165, 1.54) is 32.1 Å². The largest absolute Gasteiger partial charge is 0.460 e. The van der Waals surface area contributed by atoms with Gasteiger partial charge in [-0.2, -0.15) is 4.98 Å². The first-order valence-corrected chi connectivity index (χ1v) is 8.65. The Labute approximate surface area is 133 Å². The molecule has 0 aliphatic heterocycles. The Hall–Kier alpha value is -1.58. The number of unbranched alkanes of at least 4 members (excludes halogenated alkanes) is 4. The number of ether oxygens (including phenoxy) is 1. The average molecular weight is 304 g/mol. The van der Waals surface area contributed by atoms with Crippen LogP contribution in [-0.2, 0) is 6.42 Å². The predicted molar refractivity (Wildman–Crippen MR) is 89.3 cm³/mol. The molecule has 0 fully saturated rings. The summed E-state index contributed by atoms with van der Waals surface area (Å²) in [6.07, 6.45) is 11.3. The van der Waals surface area contributed by atoms with Gasteiger partial charge in [-0.1, -0.05) is 46.0 Å². The van der Waals surface area contributed by atoms with Crippen LogP contribution in [0.3, 0.4) is 0 Å². The third kappa shape index (κ3) is 5.00. The van der Waals surface area contributed by atoms with Crippen molar-refractivity contribution in [1.29, 1.82) is 0 Å². The highest BCUT2D eigenvalue weighted by Crippen LogP contribution is 2.21. The lowest BCUT2D eigenvalue weighted by molar-refractivity contribution is 0.192. The number of aromatic nitrogens is 2. The number of rotatable bonds is 10. The quantitative estimate of drug-likeness (QED) is 0.559. The summed E-state index contributed by atoms with van der Waals surface area (Å²) in [6.45, 7) is 6.42. The van der Waals surface area contributed by atoms with Crippen LogP contribution in [0, 0.1) is 0 Å². The van der Waals surface area contributed by atoms with Gasteiger partial charge < -0.3 is 9.15 Å². The molecule has 22 heavy (non-hydrogen) atoms. The fourth-order valence-electron chi connectivity index (χ4n) is 2.60. The number of hydrogen-bond acceptors (Lipinski definition) is 4. The monoisotopic (exact) mass is 304 g/mol. The zero-order valence-corrected chi connectivity index (χ0v) is 14.1. The molecule has 0 amide bonds. The summed E-state index contributed by atoms with van der Waals surface area (Å²) in [4.78, 5) is 8.65. The number of aryl methyl sites for hydroxylation is 1. The van der Waals surface area contributed by atoms with Crippen LogP contribution in [0.1, 0.15) is 71.5 Å². The maximum atomic E-state index is 5.83. The van der Waals surface area contributed by atoms with E-state index in [1.807, 2.05) is 6.92 Å². The molecule has 0 spiro atoms. The minimum Gasteiger partial charge on any atom is -0.460 e. The minimum absolute atomic E-state index is 0.135. The molecule has 4 nitrogen and oxygen atoms in total. The van der Waals surface area contributed by atoms with Crippen molar-refractivity contribution in [2.45, 2.75) is 78.2 Å². The van der Waals surface area contributed by atoms with Crippen LogP contribution in [0.4, 0.5) is 0 Å². The Bertz CT molecular complexity index is 565. The summed E-state index contributed by atoms with van der Waals surface area (Å²) in [5, 5.41) is 0.957. The molecule has 2 heterocycles. The lowest BCUT2D eigenvalue weighted by Crippen LogP contribution is -2.12. The standard InChI is InChI=1S/C18H28N2O2/c1-4-6-7-8-9-11-16-12-15-13-19-18(20-17(15)22-16)21-14(3)10-5-2/h12-14H,4-11H2,1-3H3. The second kappa shape index (κ2) is 8.76. The van der Waals surface area contributed by atoms with E-state index in [1.54, 1.807) is 6.20 Å². The second-order valence-electron chi connectivity index (χ2n) is 6.01. The van der Waals surface area contributed by atoms with E-state index in [-0.39, 0.29) is 6.10 Å². The molecule has 1 unspecified atom stereocenters. The van der Waals surface area contributed by atoms with Gasteiger partial charge in [0.1, 0.15) is 5.76 Å². The minimum atomic E-state index is 0.135. The zero-order chi connectivity index (χ0) is 15.8. The molecule has 0 aliphatic carbocycles. The van der Waals surface area contributed by atoms with E-state index in [0.717, 1.165) is 30.4 Å². The number of fused-ring (bicyclic) bond motifs is 1. The molecular weight excluding hydrogens is 276 g/mol. The Balaban J connectivity index is 1.92. The third-order valence-corrected chi connectivity index (χ3v) is 3.83. The lowest BCUT2D eigenvalue weighted by Gasteiger charge is -2.10. The molecule has 0 aliphatic rings. The first kappa shape index (κ1) is 16.8. The van der Waals surface area contributed by atoms with E-state index < -0.39 is 0 Å². The van der Waals surface area contributed by atoms with Crippen molar-refractivity contribution in [2.24, 2.45) is 0 Å². The SMILES string of the molecule is CCCCCCCc1cc2cnc(OC(C)CCC)nc2o1. The molecule has 0 aromatic carbocycles. The Kier molecular flexibility index (Phi) is 6.69. The van der Waals surface area contributed by atoms with E-state index in [9.17, 15) is 0 Å². The van der Waals surface area contributed by atoms with E-state index in [0.29, 0.717) is 11.7 Å². The van der Waals surface area contributed by atoms with Crippen LogP contribution in [0.5, 0.6) is 6.01 Å². The molecule has 0 radical (unpaired) electrons. The topological polar surface area (TPSA) is 48.2 Å². The average Bonchev–Trinajstić information content (AvgIpc) is 2.89. The highest BCUT2D eigenvalue weighted by molar-refractivity contribution is 5.73. The van der Waals surface area contributed by atoms with Crippen LogP contribution in [0.2, 0.25) is 0 Å². The smallest absolute Gasteiger partial charge is 0.319 e. The van der Waals surface area contributed by atoms with Crippen LogP contribution in [0.25, 0.3) is 11.1 Å². The highest BCUT2D eigenvalue weighted by atomic mass is 16.5. The van der Waals surface area contributed by atoms with Crippen molar-refractivity contribution in [3.05, 3.63) is 18.0 Å². The van der Waals surface area contributed by atoms with Crippen LogP contribution in [-0.4, -0.2) is 16.1 Å². The van der Waals surface area contributed by atoms with E-state index in [2.05, 4.69) is 29.9 Å². The molecule has 2 aromatic rings. The van der Waals surface area contributed by atoms with E-state index in [4.69, 9.17) is 9.15 Å². The second-order valence-corrected chi connectivity index (χ2v) is 6.01. The number of furan rings is 1. The number of nitrogens with zero attached hydrogens (tertiary/aromatic N) is 2. The van der Waals surface area contributed by atoms with Gasteiger partial charge in [-0.3, -0.25) is 0 Å². The van der Waals surface area contributed by atoms with Gasteiger partial charge in [-0.15, -0.1) is 0 Å². The van der Waals surface area contributed by atoms with Crippen molar-refractivity contribution in [1.82, 2.24) is 9.97 Å². The van der Waals surface area contributed by atoms with Crippen LogP contribution < -0.4 is 4.74 Å². The van der Waals surface area contributed by atoms with Crippen molar-refractivity contribution in [3.63, 3.8) is 0 Å². The fourth-order valence-corrected chi connectivity index (χ4v) is 2.60. The summed E-state index contributed by atoms with van der Waals surface area (Å²) in [7, 11) is 0. The Morgan fingerprint density at radius 2 is 1.95 bits per heavy atom. The van der Waals surface area contributed by atoms with Crippen LogP contribution >= 0.6 is 0 Å². The maximum absolute atomic E-state index is 5.83. The third-order valence-electron chi connectivity index (χ3n) is 3.83.